The van der Waals surface area contributed by atoms with Gasteiger partial charge in [-0.05, 0) is 42.5 Å². The van der Waals surface area contributed by atoms with Crippen molar-refractivity contribution in [3.63, 3.8) is 0 Å². The second-order valence-corrected chi connectivity index (χ2v) is 8.06. The van der Waals surface area contributed by atoms with E-state index in [2.05, 4.69) is 5.32 Å². The van der Waals surface area contributed by atoms with E-state index >= 15 is 0 Å². The Morgan fingerprint density at radius 2 is 1.68 bits per heavy atom. The molecule has 0 unspecified atom stereocenters. The number of hydrogen-bond acceptors (Lipinski definition) is 3. The summed E-state index contributed by atoms with van der Waals surface area (Å²) in [4.78, 5) is 12.8. The molecule has 3 rings (SSSR count). The molecular weight excluding hydrogens is 336 g/mol. The average molecular weight is 358 g/mol. The molecule has 0 atom stereocenters. The second kappa shape index (κ2) is 6.98. The van der Waals surface area contributed by atoms with Gasteiger partial charge in [-0.15, -0.1) is 0 Å². The molecule has 0 spiro atoms. The first-order valence-corrected chi connectivity index (χ1v) is 9.92. The standard InChI is InChI=1S/C19H22N2O3S/c20-25(23,24)17-9-7-15(8-10-17)11-14-21-18(22)19(12-4-13-19)16-5-2-1-3-6-16/h1-3,5-10H,4,11-14H2,(H,21,22)(H2,20,23,24). The van der Waals surface area contributed by atoms with Gasteiger partial charge in [-0.1, -0.05) is 48.9 Å². The fourth-order valence-corrected chi connectivity index (χ4v) is 3.79. The molecule has 1 amide bonds. The number of primary sulfonamides is 1. The van der Waals surface area contributed by atoms with Crippen LogP contribution in [-0.2, 0) is 26.7 Å². The number of sulfonamides is 1. The molecule has 3 N–H and O–H groups in total. The maximum atomic E-state index is 12.7. The predicted molar refractivity (Wildman–Crippen MR) is 96.5 cm³/mol. The van der Waals surface area contributed by atoms with Gasteiger partial charge < -0.3 is 5.32 Å². The summed E-state index contributed by atoms with van der Waals surface area (Å²) >= 11 is 0. The molecule has 6 heteroatoms. The molecule has 0 radical (unpaired) electrons. The molecule has 0 aromatic heterocycles. The summed E-state index contributed by atoms with van der Waals surface area (Å²) in [5.41, 5.74) is 1.64. The first kappa shape index (κ1) is 17.6. The number of amides is 1. The molecule has 1 aliphatic rings. The first-order chi connectivity index (χ1) is 11.9. The van der Waals surface area contributed by atoms with Crippen LogP contribution in [0.4, 0.5) is 0 Å². The van der Waals surface area contributed by atoms with E-state index in [-0.39, 0.29) is 10.8 Å². The second-order valence-electron chi connectivity index (χ2n) is 6.50. The van der Waals surface area contributed by atoms with E-state index in [1.807, 2.05) is 30.3 Å². The summed E-state index contributed by atoms with van der Waals surface area (Å²) in [5, 5.41) is 8.12. The first-order valence-electron chi connectivity index (χ1n) is 8.37. The van der Waals surface area contributed by atoms with Crippen LogP contribution in [0, 0.1) is 0 Å². The number of nitrogens with one attached hydrogen (secondary N) is 1. The molecule has 0 saturated heterocycles. The van der Waals surface area contributed by atoms with Crippen molar-refractivity contribution in [3.05, 3.63) is 65.7 Å². The highest BCUT2D eigenvalue weighted by molar-refractivity contribution is 7.89. The van der Waals surface area contributed by atoms with E-state index in [9.17, 15) is 13.2 Å². The van der Waals surface area contributed by atoms with Crippen molar-refractivity contribution in [3.8, 4) is 0 Å². The quantitative estimate of drug-likeness (QED) is 0.829. The van der Waals surface area contributed by atoms with Crippen LogP contribution in [0.25, 0.3) is 0 Å². The van der Waals surface area contributed by atoms with Gasteiger partial charge in [-0.2, -0.15) is 0 Å². The molecule has 2 aromatic carbocycles. The predicted octanol–water partition coefficient (Wildman–Crippen LogP) is 2.11. The summed E-state index contributed by atoms with van der Waals surface area (Å²) in [6, 6.07) is 16.4. The summed E-state index contributed by atoms with van der Waals surface area (Å²) in [7, 11) is -3.67. The summed E-state index contributed by atoms with van der Waals surface area (Å²) < 4.78 is 22.5. The zero-order valence-corrected chi connectivity index (χ0v) is 14.8. The van der Waals surface area contributed by atoms with Crippen LogP contribution in [-0.4, -0.2) is 20.9 Å². The minimum Gasteiger partial charge on any atom is -0.355 e. The molecule has 25 heavy (non-hydrogen) atoms. The number of rotatable bonds is 6. The number of carbonyl (C=O) groups excluding carboxylic acids is 1. The SMILES string of the molecule is NS(=O)(=O)c1ccc(CCNC(=O)C2(c3ccccc3)CCC2)cc1. The Labute approximate surface area is 148 Å². The lowest BCUT2D eigenvalue weighted by Crippen LogP contribution is -2.49. The highest BCUT2D eigenvalue weighted by atomic mass is 32.2. The summed E-state index contributed by atoms with van der Waals surface area (Å²) in [6.45, 7) is 0.516. The third-order valence-corrected chi connectivity index (χ3v) is 5.85. The van der Waals surface area contributed by atoms with Gasteiger partial charge in [-0.25, -0.2) is 13.6 Å². The van der Waals surface area contributed by atoms with E-state index in [4.69, 9.17) is 5.14 Å². The van der Waals surface area contributed by atoms with E-state index in [1.165, 1.54) is 12.1 Å². The van der Waals surface area contributed by atoms with Crippen molar-refractivity contribution in [2.24, 2.45) is 5.14 Å². The van der Waals surface area contributed by atoms with Gasteiger partial charge in [0.2, 0.25) is 15.9 Å². The Kier molecular flexibility index (Phi) is 4.92. The highest BCUT2D eigenvalue weighted by Crippen LogP contribution is 2.43. The van der Waals surface area contributed by atoms with E-state index in [0.717, 1.165) is 30.4 Å². The fourth-order valence-electron chi connectivity index (χ4n) is 3.27. The van der Waals surface area contributed by atoms with Crippen LogP contribution in [0.2, 0.25) is 0 Å². The molecule has 0 bridgehead atoms. The Morgan fingerprint density at radius 3 is 2.20 bits per heavy atom. The van der Waals surface area contributed by atoms with Crippen molar-refractivity contribution in [2.75, 3.05) is 6.54 Å². The van der Waals surface area contributed by atoms with Gasteiger partial charge in [0.25, 0.3) is 0 Å². The third kappa shape index (κ3) is 3.75. The molecule has 1 aliphatic carbocycles. The van der Waals surface area contributed by atoms with Crippen molar-refractivity contribution < 1.29 is 13.2 Å². The molecular formula is C19H22N2O3S. The lowest BCUT2D eigenvalue weighted by molar-refractivity contribution is -0.129. The van der Waals surface area contributed by atoms with E-state index in [0.29, 0.717) is 13.0 Å². The summed E-state index contributed by atoms with van der Waals surface area (Å²) in [6.07, 6.45) is 3.47. The monoisotopic (exact) mass is 358 g/mol. The van der Waals surface area contributed by atoms with Gasteiger partial charge >= 0.3 is 0 Å². The maximum Gasteiger partial charge on any atom is 0.238 e. The largest absolute Gasteiger partial charge is 0.355 e. The van der Waals surface area contributed by atoms with Gasteiger partial charge in [-0.3, -0.25) is 4.79 Å². The van der Waals surface area contributed by atoms with Crippen LogP contribution >= 0.6 is 0 Å². The van der Waals surface area contributed by atoms with Crippen LogP contribution in [0.15, 0.2) is 59.5 Å². The van der Waals surface area contributed by atoms with Gasteiger partial charge in [0.05, 0.1) is 10.3 Å². The number of benzene rings is 2. The van der Waals surface area contributed by atoms with Gasteiger partial charge in [0.15, 0.2) is 0 Å². The molecule has 0 heterocycles. The topological polar surface area (TPSA) is 89.3 Å². The molecule has 5 nitrogen and oxygen atoms in total. The highest BCUT2D eigenvalue weighted by Gasteiger charge is 2.45. The third-order valence-electron chi connectivity index (χ3n) is 4.92. The van der Waals surface area contributed by atoms with Crippen LogP contribution in [0.5, 0.6) is 0 Å². The molecule has 0 aliphatic heterocycles. The lowest BCUT2D eigenvalue weighted by atomic mass is 9.64. The van der Waals surface area contributed by atoms with Crippen molar-refractivity contribution in [2.45, 2.75) is 36.0 Å². The number of hydrogen-bond donors (Lipinski definition) is 2. The molecule has 2 aromatic rings. The van der Waals surface area contributed by atoms with Crippen molar-refractivity contribution in [1.29, 1.82) is 0 Å². The number of carbonyl (C=O) groups is 1. The molecule has 132 valence electrons. The Hall–Kier alpha value is -2.18. The van der Waals surface area contributed by atoms with Crippen molar-refractivity contribution >= 4 is 15.9 Å². The van der Waals surface area contributed by atoms with Gasteiger partial charge in [0.1, 0.15) is 0 Å². The minimum absolute atomic E-state index is 0.0751. The zero-order valence-electron chi connectivity index (χ0n) is 13.9. The Morgan fingerprint density at radius 1 is 1.04 bits per heavy atom. The van der Waals surface area contributed by atoms with E-state index in [1.54, 1.807) is 12.1 Å². The van der Waals surface area contributed by atoms with Crippen molar-refractivity contribution in [1.82, 2.24) is 5.32 Å². The minimum atomic E-state index is -3.67. The van der Waals surface area contributed by atoms with Crippen LogP contribution < -0.4 is 10.5 Å². The lowest BCUT2D eigenvalue weighted by Gasteiger charge is -2.40. The fraction of sp³-hybridized carbons (Fsp3) is 0.316. The zero-order chi connectivity index (χ0) is 17.9. The van der Waals surface area contributed by atoms with E-state index < -0.39 is 15.4 Å². The molecule has 1 saturated carbocycles. The Balaban J connectivity index is 1.59. The maximum absolute atomic E-state index is 12.7. The Bertz CT molecular complexity index is 842. The molecule has 1 fully saturated rings. The average Bonchev–Trinajstić information content (AvgIpc) is 2.54. The van der Waals surface area contributed by atoms with Crippen LogP contribution in [0.1, 0.15) is 30.4 Å². The van der Waals surface area contributed by atoms with Crippen LogP contribution in [0.3, 0.4) is 0 Å². The number of nitrogens with two attached hydrogens (primary N) is 1. The van der Waals surface area contributed by atoms with Gasteiger partial charge in [0, 0.05) is 6.54 Å². The normalized spacial score (nSPS) is 16.0. The smallest absolute Gasteiger partial charge is 0.238 e. The summed E-state index contributed by atoms with van der Waals surface area (Å²) in [5.74, 6) is 0.0751.